The van der Waals surface area contributed by atoms with Crippen LogP contribution in [0, 0.1) is 5.92 Å². The Labute approximate surface area is 169 Å². The number of nitrogens with zero attached hydrogens (tertiary/aromatic N) is 2. The zero-order valence-electron chi connectivity index (χ0n) is 14.2. The van der Waals surface area contributed by atoms with Gasteiger partial charge in [0, 0.05) is 24.1 Å². The second-order valence-electron chi connectivity index (χ2n) is 5.89. The second-order valence-corrected chi connectivity index (χ2v) is 6.81. The van der Waals surface area contributed by atoms with Gasteiger partial charge in [-0.05, 0) is 66.3 Å². The zero-order chi connectivity index (χ0) is 16.7. The highest BCUT2D eigenvalue weighted by Gasteiger charge is 2.17. The zero-order valence-corrected chi connectivity index (χ0v) is 17.4. The summed E-state index contributed by atoms with van der Waals surface area (Å²) in [5.74, 6) is 0.878. The van der Waals surface area contributed by atoms with Crippen LogP contribution in [-0.2, 0) is 9.59 Å². The van der Waals surface area contributed by atoms with Crippen molar-refractivity contribution in [3.05, 3.63) is 22.8 Å². The molecule has 0 aliphatic carbocycles. The number of likely N-dealkylation sites (N-methyl/N-ethyl adjacent to an activating group) is 1. The van der Waals surface area contributed by atoms with Crippen molar-refractivity contribution in [1.82, 2.24) is 15.2 Å². The monoisotopic (exact) mass is 454 g/mol. The van der Waals surface area contributed by atoms with Gasteiger partial charge in [-0.25, -0.2) is 4.98 Å². The number of amides is 2. The molecule has 0 radical (unpaired) electrons. The number of anilines is 1. The van der Waals surface area contributed by atoms with Crippen LogP contribution in [-0.4, -0.2) is 48.4 Å². The van der Waals surface area contributed by atoms with Gasteiger partial charge in [0.25, 0.3) is 0 Å². The van der Waals surface area contributed by atoms with Crippen molar-refractivity contribution in [3.8, 4) is 0 Å². The highest BCUT2D eigenvalue weighted by molar-refractivity contribution is 9.10. The summed E-state index contributed by atoms with van der Waals surface area (Å²) in [5, 5.41) is 6.01. The van der Waals surface area contributed by atoms with Crippen LogP contribution in [0.2, 0.25) is 0 Å². The standard InChI is InChI=1S/C16H23BrN4O2.2ClH/c1-21(16(23)5-2-12-6-8-18-9-7-12)11-15(22)20-14-4-3-13(17)10-19-14;;/h3-4,10,12,18H,2,5-9,11H2,1H3,(H,19,20,22);2*1H. The summed E-state index contributed by atoms with van der Waals surface area (Å²) in [5.41, 5.74) is 0. The average molecular weight is 456 g/mol. The number of piperidine rings is 1. The maximum absolute atomic E-state index is 12.1. The molecule has 2 N–H and O–H groups in total. The fourth-order valence-corrected chi connectivity index (χ4v) is 2.86. The van der Waals surface area contributed by atoms with Gasteiger partial charge in [-0.1, -0.05) is 0 Å². The third-order valence-electron chi connectivity index (χ3n) is 4.03. The Balaban J connectivity index is 0.00000288. The predicted molar refractivity (Wildman–Crippen MR) is 108 cm³/mol. The van der Waals surface area contributed by atoms with E-state index in [1.165, 1.54) is 4.90 Å². The Hall–Kier alpha value is -0.890. The van der Waals surface area contributed by atoms with Crippen LogP contribution in [0.3, 0.4) is 0 Å². The van der Waals surface area contributed by atoms with Gasteiger partial charge in [0.15, 0.2) is 0 Å². The van der Waals surface area contributed by atoms with E-state index in [9.17, 15) is 9.59 Å². The van der Waals surface area contributed by atoms with Gasteiger partial charge in [-0.15, -0.1) is 24.8 Å². The summed E-state index contributed by atoms with van der Waals surface area (Å²) in [6.45, 7) is 2.12. The molecule has 1 saturated heterocycles. The van der Waals surface area contributed by atoms with E-state index in [1.807, 2.05) is 0 Å². The van der Waals surface area contributed by atoms with Crippen LogP contribution in [0.15, 0.2) is 22.8 Å². The largest absolute Gasteiger partial charge is 0.336 e. The van der Waals surface area contributed by atoms with Crippen molar-refractivity contribution in [1.29, 1.82) is 0 Å². The van der Waals surface area contributed by atoms with Crippen LogP contribution in [0.1, 0.15) is 25.7 Å². The Bertz CT molecular complexity index is 539. The fraction of sp³-hybridized carbons (Fsp3) is 0.562. The van der Waals surface area contributed by atoms with Crippen molar-refractivity contribution in [2.24, 2.45) is 5.92 Å². The summed E-state index contributed by atoms with van der Waals surface area (Å²) >= 11 is 3.29. The molecule has 0 bridgehead atoms. The van der Waals surface area contributed by atoms with Gasteiger partial charge in [-0.2, -0.15) is 0 Å². The number of rotatable bonds is 6. The molecule has 0 saturated carbocycles. The molecule has 0 spiro atoms. The minimum atomic E-state index is -0.238. The van der Waals surface area contributed by atoms with E-state index < -0.39 is 0 Å². The average Bonchev–Trinajstić information content (AvgIpc) is 2.55. The number of nitrogens with one attached hydrogen (secondary N) is 2. The molecular formula is C16H25BrCl2N4O2. The first-order valence-electron chi connectivity index (χ1n) is 7.90. The lowest BCUT2D eigenvalue weighted by Gasteiger charge is -2.23. The Morgan fingerprint density at radius 1 is 1.32 bits per heavy atom. The molecule has 1 aliphatic rings. The highest BCUT2D eigenvalue weighted by atomic mass is 79.9. The van der Waals surface area contributed by atoms with E-state index in [4.69, 9.17) is 0 Å². The van der Waals surface area contributed by atoms with Crippen LogP contribution >= 0.6 is 40.7 Å². The first kappa shape index (κ1) is 24.1. The summed E-state index contributed by atoms with van der Waals surface area (Å²) < 4.78 is 0.848. The van der Waals surface area contributed by atoms with Crippen LogP contribution in [0.5, 0.6) is 0 Å². The van der Waals surface area contributed by atoms with Crippen molar-refractivity contribution in [3.63, 3.8) is 0 Å². The lowest BCUT2D eigenvalue weighted by Crippen LogP contribution is -2.35. The third kappa shape index (κ3) is 8.85. The van der Waals surface area contributed by atoms with Crippen LogP contribution < -0.4 is 10.6 Å². The lowest BCUT2D eigenvalue weighted by molar-refractivity contribution is -0.133. The second kappa shape index (κ2) is 12.5. The highest BCUT2D eigenvalue weighted by Crippen LogP contribution is 2.18. The Morgan fingerprint density at radius 3 is 2.60 bits per heavy atom. The summed E-state index contributed by atoms with van der Waals surface area (Å²) in [4.78, 5) is 29.6. The van der Waals surface area contributed by atoms with Gasteiger partial charge in [0.1, 0.15) is 5.82 Å². The van der Waals surface area contributed by atoms with Gasteiger partial charge in [0.2, 0.25) is 11.8 Å². The van der Waals surface area contributed by atoms with Gasteiger partial charge in [0.05, 0.1) is 6.54 Å². The molecule has 2 amide bonds. The van der Waals surface area contributed by atoms with Crippen LogP contribution in [0.25, 0.3) is 0 Å². The van der Waals surface area contributed by atoms with E-state index in [2.05, 4.69) is 31.5 Å². The maximum atomic E-state index is 12.1. The quantitative estimate of drug-likeness (QED) is 0.691. The van der Waals surface area contributed by atoms with Gasteiger partial charge < -0.3 is 15.5 Å². The molecule has 0 atom stereocenters. The maximum Gasteiger partial charge on any atom is 0.245 e. The van der Waals surface area contributed by atoms with Crippen molar-refractivity contribution < 1.29 is 9.59 Å². The summed E-state index contributed by atoms with van der Waals surface area (Å²) in [7, 11) is 1.67. The molecular weight excluding hydrogens is 431 g/mol. The van der Waals surface area contributed by atoms with Crippen molar-refractivity contribution >= 4 is 58.4 Å². The van der Waals surface area contributed by atoms with E-state index in [-0.39, 0.29) is 43.2 Å². The normalized spacial score (nSPS) is 14.0. The van der Waals surface area contributed by atoms with Gasteiger partial charge >= 0.3 is 0 Å². The summed E-state index contributed by atoms with van der Waals surface area (Å²) in [6, 6.07) is 3.51. The number of pyridine rings is 1. The first-order chi connectivity index (χ1) is 11.0. The number of halogens is 3. The molecule has 1 fully saturated rings. The minimum absolute atomic E-state index is 0. The molecule has 2 rings (SSSR count). The summed E-state index contributed by atoms with van der Waals surface area (Å²) in [6.07, 6.45) is 5.29. The van der Waals surface area contributed by atoms with Crippen LogP contribution in [0.4, 0.5) is 5.82 Å². The third-order valence-corrected chi connectivity index (χ3v) is 4.50. The predicted octanol–water partition coefficient (Wildman–Crippen LogP) is 2.86. The molecule has 1 aromatic heterocycles. The van der Waals surface area contributed by atoms with E-state index in [1.54, 1.807) is 25.4 Å². The molecule has 142 valence electrons. The SMILES string of the molecule is CN(CC(=O)Nc1ccc(Br)cn1)C(=O)CCC1CCNCC1.Cl.Cl. The topological polar surface area (TPSA) is 74.3 Å². The molecule has 0 aromatic carbocycles. The van der Waals surface area contributed by atoms with E-state index >= 15 is 0 Å². The molecule has 0 unspecified atom stereocenters. The van der Waals surface area contributed by atoms with Gasteiger partial charge in [-0.3, -0.25) is 9.59 Å². The molecule has 2 heterocycles. The number of aromatic nitrogens is 1. The van der Waals surface area contributed by atoms with Crippen molar-refractivity contribution in [2.75, 3.05) is 32.0 Å². The smallest absolute Gasteiger partial charge is 0.245 e. The number of carbonyl (C=O) groups is 2. The van der Waals surface area contributed by atoms with Crippen molar-refractivity contribution in [2.45, 2.75) is 25.7 Å². The number of hydrogen-bond acceptors (Lipinski definition) is 4. The Morgan fingerprint density at radius 2 is 2.00 bits per heavy atom. The minimum Gasteiger partial charge on any atom is -0.336 e. The number of carbonyl (C=O) groups excluding carboxylic acids is 2. The lowest BCUT2D eigenvalue weighted by atomic mass is 9.93. The Kier molecular flexibility index (Phi) is 12.0. The molecule has 6 nitrogen and oxygen atoms in total. The van der Waals surface area contributed by atoms with E-state index in [0.29, 0.717) is 18.2 Å². The molecule has 1 aliphatic heterocycles. The molecule has 25 heavy (non-hydrogen) atoms. The van der Waals surface area contributed by atoms with E-state index in [0.717, 1.165) is 36.8 Å². The number of hydrogen-bond donors (Lipinski definition) is 2. The molecule has 9 heteroatoms. The fourth-order valence-electron chi connectivity index (χ4n) is 2.62. The molecule has 1 aromatic rings. The first-order valence-corrected chi connectivity index (χ1v) is 8.70.